The first-order chi connectivity index (χ1) is 9.65. The molecule has 0 amide bonds. The molecule has 0 saturated heterocycles. The van der Waals surface area contributed by atoms with Crippen LogP contribution in [-0.4, -0.2) is 27.5 Å². The zero-order valence-corrected chi connectivity index (χ0v) is 12.2. The van der Waals surface area contributed by atoms with E-state index in [2.05, 4.69) is 21.0 Å². The van der Waals surface area contributed by atoms with Crippen LogP contribution in [0.1, 0.15) is 5.56 Å². The van der Waals surface area contributed by atoms with E-state index in [1.807, 2.05) is 18.3 Å². The van der Waals surface area contributed by atoms with Crippen LogP contribution in [0.15, 0.2) is 47.2 Å². The number of carbonyl (C=O) groups is 1. The van der Waals surface area contributed by atoms with Gasteiger partial charge in [-0.3, -0.25) is 4.68 Å². The van der Waals surface area contributed by atoms with Crippen LogP contribution >= 0.6 is 15.9 Å². The topological polar surface area (TPSA) is 64.3 Å². The summed E-state index contributed by atoms with van der Waals surface area (Å²) >= 11 is 3.40. The van der Waals surface area contributed by atoms with Gasteiger partial charge in [0, 0.05) is 18.5 Å². The highest BCUT2D eigenvalue weighted by atomic mass is 79.9. The minimum Gasteiger partial charge on any atom is -0.490 e. The molecule has 1 aromatic heterocycles. The molecular weight excluding hydrogens is 324 g/mol. The second-order valence-corrected chi connectivity index (χ2v) is 4.83. The van der Waals surface area contributed by atoms with E-state index in [0.29, 0.717) is 18.9 Å². The Morgan fingerprint density at radius 1 is 1.50 bits per heavy atom. The van der Waals surface area contributed by atoms with Crippen LogP contribution in [0.5, 0.6) is 5.75 Å². The fraction of sp³-hybridized carbons (Fsp3) is 0.143. The number of halogens is 1. The second kappa shape index (κ2) is 6.91. The Morgan fingerprint density at radius 3 is 3.00 bits per heavy atom. The standard InChI is InChI=1S/C14H13BrN2O3/c15-12-10-11(3-5-14(18)19)2-4-13(12)20-9-8-17-7-1-6-16-17/h1-7,10H,8-9H2,(H,18,19). The van der Waals surface area contributed by atoms with E-state index in [-0.39, 0.29) is 0 Å². The van der Waals surface area contributed by atoms with Gasteiger partial charge >= 0.3 is 5.97 Å². The van der Waals surface area contributed by atoms with Gasteiger partial charge in [0.15, 0.2) is 0 Å². The Labute approximate surface area is 124 Å². The molecule has 0 fully saturated rings. The summed E-state index contributed by atoms with van der Waals surface area (Å²) in [5.41, 5.74) is 0.790. The lowest BCUT2D eigenvalue weighted by Gasteiger charge is -2.08. The number of aliphatic carboxylic acids is 1. The Hall–Kier alpha value is -2.08. The predicted molar refractivity (Wildman–Crippen MR) is 78.5 cm³/mol. The van der Waals surface area contributed by atoms with Gasteiger partial charge in [0.1, 0.15) is 12.4 Å². The van der Waals surface area contributed by atoms with Gasteiger partial charge in [-0.1, -0.05) is 6.07 Å². The lowest BCUT2D eigenvalue weighted by Crippen LogP contribution is -2.08. The van der Waals surface area contributed by atoms with Crippen molar-refractivity contribution in [2.75, 3.05) is 6.61 Å². The number of hydrogen-bond acceptors (Lipinski definition) is 3. The average Bonchev–Trinajstić information content (AvgIpc) is 2.92. The maximum Gasteiger partial charge on any atom is 0.328 e. The molecule has 2 aromatic rings. The van der Waals surface area contributed by atoms with Crippen molar-refractivity contribution in [2.45, 2.75) is 6.54 Å². The smallest absolute Gasteiger partial charge is 0.328 e. The van der Waals surface area contributed by atoms with Gasteiger partial charge in [0.2, 0.25) is 0 Å². The average molecular weight is 337 g/mol. The quantitative estimate of drug-likeness (QED) is 0.824. The van der Waals surface area contributed by atoms with E-state index in [1.54, 1.807) is 23.0 Å². The Bertz CT molecular complexity index is 609. The van der Waals surface area contributed by atoms with Crippen LogP contribution in [0.3, 0.4) is 0 Å². The fourth-order valence-electron chi connectivity index (χ4n) is 1.59. The van der Waals surface area contributed by atoms with Gasteiger partial charge in [-0.25, -0.2) is 4.79 Å². The van der Waals surface area contributed by atoms with Crippen LogP contribution in [0.4, 0.5) is 0 Å². The van der Waals surface area contributed by atoms with Gasteiger partial charge in [-0.05, 0) is 45.8 Å². The SMILES string of the molecule is O=C(O)C=Cc1ccc(OCCn2cccn2)c(Br)c1. The number of carboxylic acid groups (broad SMARTS) is 1. The van der Waals surface area contributed by atoms with E-state index >= 15 is 0 Å². The normalized spacial score (nSPS) is 10.8. The molecule has 0 aliphatic heterocycles. The highest BCUT2D eigenvalue weighted by Gasteiger charge is 2.02. The Kier molecular flexibility index (Phi) is 4.95. The summed E-state index contributed by atoms with van der Waals surface area (Å²) in [6.07, 6.45) is 6.22. The third-order valence-electron chi connectivity index (χ3n) is 2.51. The zero-order valence-electron chi connectivity index (χ0n) is 10.6. The van der Waals surface area contributed by atoms with Gasteiger partial charge in [0.25, 0.3) is 0 Å². The third-order valence-corrected chi connectivity index (χ3v) is 3.13. The van der Waals surface area contributed by atoms with Crippen molar-refractivity contribution in [1.82, 2.24) is 9.78 Å². The summed E-state index contributed by atoms with van der Waals surface area (Å²) in [7, 11) is 0. The monoisotopic (exact) mass is 336 g/mol. The summed E-state index contributed by atoms with van der Waals surface area (Å²) in [6, 6.07) is 7.27. The van der Waals surface area contributed by atoms with Crippen molar-refractivity contribution in [1.29, 1.82) is 0 Å². The number of rotatable bonds is 6. The summed E-state index contributed by atoms with van der Waals surface area (Å²) in [5, 5.41) is 12.7. The molecule has 104 valence electrons. The first-order valence-corrected chi connectivity index (χ1v) is 6.75. The molecule has 20 heavy (non-hydrogen) atoms. The summed E-state index contributed by atoms with van der Waals surface area (Å²) < 4.78 is 8.21. The lowest BCUT2D eigenvalue weighted by atomic mass is 10.2. The molecule has 0 spiro atoms. The molecule has 0 radical (unpaired) electrons. The molecule has 0 aliphatic carbocycles. The summed E-state index contributed by atoms with van der Waals surface area (Å²) in [4.78, 5) is 10.4. The molecule has 0 saturated carbocycles. The molecule has 0 aliphatic rings. The Morgan fingerprint density at radius 2 is 2.35 bits per heavy atom. The molecule has 1 heterocycles. The molecular formula is C14H13BrN2O3. The van der Waals surface area contributed by atoms with Crippen molar-refractivity contribution < 1.29 is 14.6 Å². The van der Waals surface area contributed by atoms with Crippen molar-refractivity contribution in [3.63, 3.8) is 0 Å². The number of carboxylic acids is 1. The molecule has 5 nitrogen and oxygen atoms in total. The van der Waals surface area contributed by atoms with Crippen molar-refractivity contribution >= 4 is 28.0 Å². The van der Waals surface area contributed by atoms with Crippen LogP contribution in [-0.2, 0) is 11.3 Å². The van der Waals surface area contributed by atoms with Crippen molar-refractivity contribution in [2.24, 2.45) is 0 Å². The van der Waals surface area contributed by atoms with Gasteiger partial charge in [-0.15, -0.1) is 0 Å². The predicted octanol–water partition coefficient (Wildman–Crippen LogP) is 2.82. The zero-order chi connectivity index (χ0) is 14.4. The van der Waals surface area contributed by atoms with Gasteiger partial charge < -0.3 is 9.84 Å². The van der Waals surface area contributed by atoms with Crippen LogP contribution in [0.25, 0.3) is 6.08 Å². The number of nitrogens with zero attached hydrogens (tertiary/aromatic N) is 2. The van der Waals surface area contributed by atoms with Crippen molar-refractivity contribution in [3.8, 4) is 5.75 Å². The number of aromatic nitrogens is 2. The lowest BCUT2D eigenvalue weighted by molar-refractivity contribution is -0.131. The van der Waals surface area contributed by atoms with Crippen LogP contribution in [0.2, 0.25) is 0 Å². The summed E-state index contributed by atoms with van der Waals surface area (Å²) in [5.74, 6) is -0.259. The maximum atomic E-state index is 10.4. The van der Waals surface area contributed by atoms with Crippen LogP contribution < -0.4 is 4.74 Å². The van der Waals surface area contributed by atoms with E-state index in [1.165, 1.54) is 6.08 Å². The van der Waals surface area contributed by atoms with Gasteiger partial charge in [0.05, 0.1) is 11.0 Å². The highest BCUT2D eigenvalue weighted by Crippen LogP contribution is 2.26. The van der Waals surface area contributed by atoms with E-state index < -0.39 is 5.97 Å². The Balaban J connectivity index is 1.93. The molecule has 0 unspecified atom stereocenters. The molecule has 1 N–H and O–H groups in total. The highest BCUT2D eigenvalue weighted by molar-refractivity contribution is 9.10. The first-order valence-electron chi connectivity index (χ1n) is 5.96. The summed E-state index contributed by atoms with van der Waals surface area (Å²) in [6.45, 7) is 1.17. The number of benzene rings is 1. The van der Waals surface area contributed by atoms with E-state index in [9.17, 15) is 4.79 Å². The molecule has 2 rings (SSSR count). The fourth-order valence-corrected chi connectivity index (χ4v) is 2.10. The molecule has 6 heteroatoms. The third kappa shape index (κ3) is 4.24. The van der Waals surface area contributed by atoms with Gasteiger partial charge in [-0.2, -0.15) is 5.10 Å². The second-order valence-electron chi connectivity index (χ2n) is 3.98. The molecule has 1 aromatic carbocycles. The van der Waals surface area contributed by atoms with E-state index in [4.69, 9.17) is 9.84 Å². The maximum absolute atomic E-state index is 10.4. The van der Waals surface area contributed by atoms with E-state index in [0.717, 1.165) is 16.1 Å². The molecule has 0 bridgehead atoms. The number of ether oxygens (including phenoxy) is 1. The number of hydrogen-bond donors (Lipinski definition) is 1. The van der Waals surface area contributed by atoms with Crippen LogP contribution in [0, 0.1) is 0 Å². The largest absolute Gasteiger partial charge is 0.490 e. The van der Waals surface area contributed by atoms with Crippen molar-refractivity contribution in [3.05, 3.63) is 52.8 Å². The molecule has 0 atom stereocenters. The minimum atomic E-state index is -0.972. The first kappa shape index (κ1) is 14.3. The minimum absolute atomic E-state index is 0.505.